The number of hydrogen-bond donors (Lipinski definition) is 3. The molecule has 5 aliphatic rings. The highest BCUT2D eigenvalue weighted by Gasteiger charge is 2.55. The Bertz CT molecular complexity index is 1640. The number of carbonyl (C=O) groups excluding carboxylic acids is 3. The van der Waals surface area contributed by atoms with Crippen molar-refractivity contribution in [2.75, 3.05) is 41.1 Å². The van der Waals surface area contributed by atoms with Crippen molar-refractivity contribution in [3.8, 4) is 17.2 Å². The number of aliphatic hydroxyl groups is 1. The summed E-state index contributed by atoms with van der Waals surface area (Å²) in [6.45, 7) is 2.44. The van der Waals surface area contributed by atoms with E-state index in [1.165, 1.54) is 32.4 Å². The van der Waals surface area contributed by atoms with Gasteiger partial charge in [0.25, 0.3) is 0 Å². The van der Waals surface area contributed by atoms with Gasteiger partial charge in [0.2, 0.25) is 5.78 Å². The van der Waals surface area contributed by atoms with E-state index >= 15 is 0 Å². The molecule has 0 amide bonds. The van der Waals surface area contributed by atoms with Crippen LogP contribution in [0.25, 0.3) is 0 Å². The monoisotopic (exact) mass is 655 g/mol. The van der Waals surface area contributed by atoms with E-state index in [-0.39, 0.29) is 46.6 Å². The fourth-order valence-corrected chi connectivity index (χ4v) is 7.81. The molecule has 2 aromatic rings. The first kappa shape index (κ1) is 32.1. The minimum atomic E-state index is -2.10. The van der Waals surface area contributed by atoms with E-state index in [1.807, 2.05) is 6.92 Å². The molecule has 47 heavy (non-hydrogen) atoms. The molecule has 2 aromatic carbocycles. The van der Waals surface area contributed by atoms with Gasteiger partial charge in [-0.3, -0.25) is 19.3 Å². The SMILES string of the molecule is COCC(=O)[C@]1(O)Cc2c(O)c3c(c(O)c2[C@@H](O[C@H]2C[C@H]4[C@H](O[C@@H]5[C@@H](OC)OCCN54)[C@H](C)O2)C1)C(=O)c1c(OC)cccc1C3=O. The lowest BCUT2D eigenvalue weighted by Gasteiger charge is -2.43. The van der Waals surface area contributed by atoms with Crippen LogP contribution in [0.3, 0.4) is 0 Å². The molecule has 0 spiro atoms. The third-order valence-corrected chi connectivity index (χ3v) is 9.97. The van der Waals surface area contributed by atoms with Crippen LogP contribution < -0.4 is 4.74 Å². The van der Waals surface area contributed by atoms with E-state index in [1.54, 1.807) is 7.11 Å². The molecule has 3 aliphatic heterocycles. The van der Waals surface area contributed by atoms with Crippen LogP contribution in [-0.2, 0) is 39.6 Å². The first-order valence-corrected chi connectivity index (χ1v) is 15.5. The Balaban J connectivity index is 1.30. The molecule has 14 heteroatoms. The molecular formula is C33H37NO13. The average molecular weight is 656 g/mol. The van der Waals surface area contributed by atoms with Crippen molar-refractivity contribution in [3.05, 3.63) is 51.6 Å². The highest BCUT2D eigenvalue weighted by molar-refractivity contribution is 6.31. The van der Waals surface area contributed by atoms with Gasteiger partial charge in [-0.05, 0) is 13.0 Å². The van der Waals surface area contributed by atoms with Crippen LogP contribution in [0, 0.1) is 0 Å². The standard InChI is InChI=1S/C33H37NO13/c1-14-30-17(34-8-9-44-32(43-4)31(34)47-30)10-21(45-14)46-19-12-33(40,20(35)13-41-2)11-16-23(19)29(39)25-24(27(16)37)26(36)15-6-5-7-18(42-3)22(15)28(25)38/h5-7,14,17,19,21,30-32,37,39-40H,8-13H2,1-4H3/t14-,17-,19-,21-,30+,31+,32-,33-/m0/s1. The van der Waals surface area contributed by atoms with E-state index in [0.29, 0.717) is 19.6 Å². The van der Waals surface area contributed by atoms with E-state index in [2.05, 4.69) is 4.90 Å². The maximum absolute atomic E-state index is 13.9. The van der Waals surface area contributed by atoms with Crippen molar-refractivity contribution in [3.63, 3.8) is 0 Å². The maximum atomic E-state index is 13.9. The highest BCUT2D eigenvalue weighted by Crippen LogP contribution is 2.53. The summed E-state index contributed by atoms with van der Waals surface area (Å²) in [6.07, 6.45) is -4.44. The van der Waals surface area contributed by atoms with Gasteiger partial charge < -0.3 is 48.5 Å². The molecule has 3 heterocycles. The number of methoxy groups -OCH3 is 3. The summed E-state index contributed by atoms with van der Waals surface area (Å²) < 4.78 is 40.6. The van der Waals surface area contributed by atoms with Crippen molar-refractivity contribution in [2.24, 2.45) is 0 Å². The lowest BCUT2D eigenvalue weighted by molar-refractivity contribution is -0.256. The Hall–Kier alpha value is -3.47. The summed E-state index contributed by atoms with van der Waals surface area (Å²) >= 11 is 0. The van der Waals surface area contributed by atoms with Gasteiger partial charge in [0, 0.05) is 62.8 Å². The Morgan fingerprint density at radius 1 is 1.06 bits per heavy atom. The fourth-order valence-electron chi connectivity index (χ4n) is 7.81. The van der Waals surface area contributed by atoms with Crippen LogP contribution in [0.1, 0.15) is 68.8 Å². The summed E-state index contributed by atoms with van der Waals surface area (Å²) in [6, 6.07) is 4.33. The predicted octanol–water partition coefficient (Wildman–Crippen LogP) is 1.37. The van der Waals surface area contributed by atoms with Crippen LogP contribution in [0.4, 0.5) is 0 Å². The van der Waals surface area contributed by atoms with Crippen molar-refractivity contribution in [1.29, 1.82) is 0 Å². The fraction of sp³-hybridized carbons (Fsp3) is 0.545. The molecule has 0 unspecified atom stereocenters. The molecule has 2 aliphatic carbocycles. The minimum Gasteiger partial charge on any atom is -0.507 e. The number of benzene rings is 2. The summed E-state index contributed by atoms with van der Waals surface area (Å²) in [4.78, 5) is 43.1. The number of rotatable bonds is 7. The van der Waals surface area contributed by atoms with Gasteiger partial charge in [0.1, 0.15) is 35.6 Å². The first-order chi connectivity index (χ1) is 22.5. The van der Waals surface area contributed by atoms with Gasteiger partial charge in [0.05, 0.1) is 42.6 Å². The molecule has 0 radical (unpaired) electrons. The van der Waals surface area contributed by atoms with Crippen LogP contribution in [0.5, 0.6) is 17.2 Å². The third kappa shape index (κ3) is 4.89. The topological polar surface area (TPSA) is 180 Å². The number of aromatic hydroxyl groups is 2. The zero-order valence-electron chi connectivity index (χ0n) is 26.4. The normalized spacial score (nSPS) is 33.0. The van der Waals surface area contributed by atoms with Crippen LogP contribution in [0.2, 0.25) is 0 Å². The quantitative estimate of drug-likeness (QED) is 0.311. The van der Waals surface area contributed by atoms with E-state index in [9.17, 15) is 29.7 Å². The second kappa shape index (κ2) is 11.9. The van der Waals surface area contributed by atoms with Crippen LogP contribution in [0.15, 0.2) is 18.2 Å². The lowest BCUT2D eigenvalue weighted by Crippen LogP contribution is -2.55. The van der Waals surface area contributed by atoms with Crippen LogP contribution in [-0.4, -0.2) is 121 Å². The number of hydrogen-bond acceptors (Lipinski definition) is 14. The Morgan fingerprint density at radius 3 is 2.55 bits per heavy atom. The highest BCUT2D eigenvalue weighted by atomic mass is 16.7. The molecule has 0 bridgehead atoms. The van der Waals surface area contributed by atoms with Gasteiger partial charge in [-0.15, -0.1) is 0 Å². The van der Waals surface area contributed by atoms with Gasteiger partial charge in [0.15, 0.2) is 30.4 Å². The molecule has 0 saturated carbocycles. The van der Waals surface area contributed by atoms with E-state index in [4.69, 9.17) is 33.2 Å². The van der Waals surface area contributed by atoms with Gasteiger partial charge >= 0.3 is 0 Å². The second-order valence-electron chi connectivity index (χ2n) is 12.6. The summed E-state index contributed by atoms with van der Waals surface area (Å²) in [5.41, 5.74) is -3.09. The number of ketones is 3. The second-order valence-corrected chi connectivity index (χ2v) is 12.6. The summed E-state index contributed by atoms with van der Waals surface area (Å²) in [7, 11) is 4.21. The number of fused-ring (bicyclic) bond motifs is 6. The zero-order valence-corrected chi connectivity index (χ0v) is 26.4. The van der Waals surface area contributed by atoms with Crippen LogP contribution >= 0.6 is 0 Å². The maximum Gasteiger partial charge on any atom is 0.202 e. The predicted molar refractivity (Wildman–Crippen MR) is 158 cm³/mol. The minimum absolute atomic E-state index is 0.0131. The van der Waals surface area contributed by atoms with Gasteiger partial charge in [-0.1, -0.05) is 12.1 Å². The average Bonchev–Trinajstić information content (AvgIpc) is 3.44. The van der Waals surface area contributed by atoms with E-state index in [0.717, 1.165) is 0 Å². The van der Waals surface area contributed by atoms with Crippen molar-refractivity contribution in [1.82, 2.24) is 4.90 Å². The van der Waals surface area contributed by atoms with Crippen molar-refractivity contribution in [2.45, 2.75) is 74.9 Å². The molecular weight excluding hydrogens is 618 g/mol. The number of phenolic OH excluding ortho intramolecular Hbond substituents is 2. The lowest BCUT2D eigenvalue weighted by atomic mass is 9.72. The number of carbonyl (C=O) groups is 3. The summed E-state index contributed by atoms with van der Waals surface area (Å²) in [5, 5.41) is 35.2. The Kier molecular flexibility index (Phi) is 8.12. The molecule has 7 rings (SSSR count). The largest absolute Gasteiger partial charge is 0.507 e. The molecule has 14 nitrogen and oxygen atoms in total. The zero-order chi connectivity index (χ0) is 33.4. The molecule has 3 N–H and O–H groups in total. The molecule has 252 valence electrons. The van der Waals surface area contributed by atoms with Crippen molar-refractivity contribution < 1.29 is 62.9 Å². The number of phenols is 2. The number of nitrogens with zero attached hydrogens (tertiary/aromatic N) is 1. The Labute approximate surface area is 270 Å². The number of ether oxygens (including phenoxy) is 7. The van der Waals surface area contributed by atoms with E-state index < -0.39 is 89.6 Å². The Morgan fingerprint density at radius 2 is 1.83 bits per heavy atom. The number of morpholine rings is 1. The molecule has 3 fully saturated rings. The van der Waals surface area contributed by atoms with Gasteiger partial charge in [-0.25, -0.2) is 0 Å². The smallest absolute Gasteiger partial charge is 0.202 e. The molecule has 3 saturated heterocycles. The number of Topliss-reactive ketones (excluding diaryl/α,β-unsaturated/α-hetero) is 1. The third-order valence-electron chi connectivity index (χ3n) is 9.97. The molecule has 0 aromatic heterocycles. The first-order valence-electron chi connectivity index (χ1n) is 15.5. The van der Waals surface area contributed by atoms with Crippen molar-refractivity contribution >= 4 is 17.3 Å². The molecule has 8 atom stereocenters. The van der Waals surface area contributed by atoms with Gasteiger partial charge in [-0.2, -0.15) is 0 Å². The summed E-state index contributed by atoms with van der Waals surface area (Å²) in [5.74, 6) is -3.21.